The van der Waals surface area contributed by atoms with Crippen LogP contribution >= 0.6 is 0 Å². The standard InChI is InChI=1S/C25H25N5O2/c31-25(29-32)19-12-10-17(11-13-19)15-30(16-23-27-20-7-1-2-8-21(20)28-23)22-9-3-5-18-6-4-14-26-24(18)22/h1-2,4,6-8,10-14,22,32H,3,5,9,15-16H2,(H,27,28)(H,29,31)/t22-/m0/s1. The zero-order valence-electron chi connectivity index (χ0n) is 17.7. The van der Waals surface area contributed by atoms with Crippen LogP contribution in [0.15, 0.2) is 66.9 Å². The lowest BCUT2D eigenvalue weighted by atomic mass is 9.90. The first-order chi connectivity index (χ1) is 15.7. The molecule has 0 radical (unpaired) electrons. The largest absolute Gasteiger partial charge is 0.341 e. The highest BCUT2D eigenvalue weighted by molar-refractivity contribution is 5.93. The first-order valence-electron chi connectivity index (χ1n) is 10.9. The lowest BCUT2D eigenvalue weighted by Crippen LogP contribution is -2.31. The van der Waals surface area contributed by atoms with Crippen molar-refractivity contribution in [3.05, 3.63) is 95.1 Å². The molecule has 32 heavy (non-hydrogen) atoms. The molecule has 1 aliphatic rings. The number of fused-ring (bicyclic) bond motifs is 2. The molecule has 5 rings (SSSR count). The average molecular weight is 428 g/mol. The van der Waals surface area contributed by atoms with Crippen LogP contribution in [-0.4, -0.2) is 31.0 Å². The molecule has 0 fully saturated rings. The molecule has 0 bridgehead atoms. The van der Waals surface area contributed by atoms with Crippen LogP contribution in [0.4, 0.5) is 0 Å². The van der Waals surface area contributed by atoms with Crippen LogP contribution in [0.1, 0.15) is 51.9 Å². The van der Waals surface area contributed by atoms with Crippen LogP contribution in [0.2, 0.25) is 0 Å². The number of H-pyrrole nitrogens is 1. The van der Waals surface area contributed by atoms with Crippen molar-refractivity contribution in [3.8, 4) is 0 Å². The van der Waals surface area contributed by atoms with E-state index in [9.17, 15) is 4.79 Å². The Morgan fingerprint density at radius 3 is 2.75 bits per heavy atom. The highest BCUT2D eigenvalue weighted by Gasteiger charge is 2.28. The van der Waals surface area contributed by atoms with Crippen LogP contribution in [-0.2, 0) is 19.5 Å². The fourth-order valence-electron chi connectivity index (χ4n) is 4.55. The molecule has 162 valence electrons. The van der Waals surface area contributed by atoms with Crippen molar-refractivity contribution in [1.82, 2.24) is 25.3 Å². The number of benzene rings is 2. The van der Waals surface area contributed by atoms with Gasteiger partial charge in [-0.3, -0.25) is 19.9 Å². The summed E-state index contributed by atoms with van der Waals surface area (Å²) in [5.41, 5.74) is 7.63. The van der Waals surface area contributed by atoms with E-state index < -0.39 is 5.91 Å². The van der Waals surface area contributed by atoms with Gasteiger partial charge in [-0.15, -0.1) is 0 Å². The molecule has 0 unspecified atom stereocenters. The van der Waals surface area contributed by atoms with E-state index in [0.29, 0.717) is 18.7 Å². The summed E-state index contributed by atoms with van der Waals surface area (Å²) in [6.45, 7) is 1.35. The van der Waals surface area contributed by atoms with Crippen molar-refractivity contribution in [2.75, 3.05) is 0 Å². The maximum Gasteiger partial charge on any atom is 0.274 e. The average Bonchev–Trinajstić information content (AvgIpc) is 3.26. The van der Waals surface area contributed by atoms with Gasteiger partial charge in [0.05, 0.1) is 29.3 Å². The molecule has 0 saturated carbocycles. The second-order valence-electron chi connectivity index (χ2n) is 8.20. The maximum atomic E-state index is 11.7. The summed E-state index contributed by atoms with van der Waals surface area (Å²) in [5.74, 6) is 0.409. The Morgan fingerprint density at radius 2 is 1.94 bits per heavy atom. The van der Waals surface area contributed by atoms with Crippen molar-refractivity contribution < 1.29 is 10.0 Å². The molecule has 2 aromatic carbocycles. The number of pyridine rings is 1. The smallest absolute Gasteiger partial charge is 0.274 e. The zero-order valence-corrected chi connectivity index (χ0v) is 17.7. The molecule has 4 aromatic rings. The van der Waals surface area contributed by atoms with Crippen molar-refractivity contribution in [1.29, 1.82) is 0 Å². The van der Waals surface area contributed by atoms with Gasteiger partial charge in [-0.05, 0) is 60.7 Å². The van der Waals surface area contributed by atoms with E-state index in [1.54, 1.807) is 17.6 Å². The van der Waals surface area contributed by atoms with Gasteiger partial charge in [0.25, 0.3) is 5.91 Å². The maximum absolute atomic E-state index is 11.7. The van der Waals surface area contributed by atoms with Gasteiger partial charge in [-0.25, -0.2) is 10.5 Å². The van der Waals surface area contributed by atoms with Gasteiger partial charge < -0.3 is 4.98 Å². The molecule has 3 N–H and O–H groups in total. The molecule has 1 aliphatic carbocycles. The molecule has 0 aliphatic heterocycles. The fourth-order valence-corrected chi connectivity index (χ4v) is 4.55. The number of para-hydroxylation sites is 2. The molecule has 2 aromatic heterocycles. The highest BCUT2D eigenvalue weighted by atomic mass is 16.5. The number of aromatic amines is 1. The van der Waals surface area contributed by atoms with Gasteiger partial charge in [0.15, 0.2) is 0 Å². The molecule has 7 heteroatoms. The van der Waals surface area contributed by atoms with Crippen LogP contribution in [0, 0.1) is 0 Å². The Morgan fingerprint density at radius 1 is 1.09 bits per heavy atom. The SMILES string of the molecule is O=C(NO)c1ccc(CN(Cc2nc3ccccc3[nH]2)[C@H]2CCCc3cccnc32)cc1. The molecule has 0 spiro atoms. The number of hydrogen-bond donors (Lipinski definition) is 3. The number of rotatable bonds is 6. The number of imidazole rings is 1. The Kier molecular flexibility index (Phi) is 5.66. The third-order valence-corrected chi connectivity index (χ3v) is 6.10. The number of amides is 1. The summed E-state index contributed by atoms with van der Waals surface area (Å²) < 4.78 is 0. The van der Waals surface area contributed by atoms with Crippen LogP contribution in [0.3, 0.4) is 0 Å². The van der Waals surface area contributed by atoms with Crippen molar-refractivity contribution in [2.45, 2.75) is 38.4 Å². The predicted molar refractivity (Wildman–Crippen MR) is 121 cm³/mol. The van der Waals surface area contributed by atoms with E-state index in [1.165, 1.54) is 5.56 Å². The summed E-state index contributed by atoms with van der Waals surface area (Å²) in [6, 6.07) is 19.8. The third-order valence-electron chi connectivity index (χ3n) is 6.10. The number of nitrogens with zero attached hydrogens (tertiary/aromatic N) is 3. The summed E-state index contributed by atoms with van der Waals surface area (Å²) in [5, 5.41) is 8.86. The quantitative estimate of drug-likeness (QED) is 0.317. The second kappa shape index (κ2) is 8.90. The Balaban J connectivity index is 1.46. The topological polar surface area (TPSA) is 94.1 Å². The number of aryl methyl sites for hydroxylation is 1. The lowest BCUT2D eigenvalue weighted by Gasteiger charge is -2.34. The van der Waals surface area contributed by atoms with Crippen molar-refractivity contribution >= 4 is 16.9 Å². The molecule has 1 atom stereocenters. The summed E-state index contributed by atoms with van der Waals surface area (Å²) in [7, 11) is 0. The van der Waals surface area contributed by atoms with Gasteiger partial charge in [-0.1, -0.05) is 30.3 Å². The number of carbonyl (C=O) groups is 1. The van der Waals surface area contributed by atoms with E-state index in [0.717, 1.165) is 47.4 Å². The minimum atomic E-state index is -0.513. The monoisotopic (exact) mass is 427 g/mol. The Hall–Kier alpha value is -3.55. The zero-order chi connectivity index (χ0) is 21.9. The van der Waals surface area contributed by atoms with Gasteiger partial charge in [-0.2, -0.15) is 0 Å². The molecule has 2 heterocycles. The minimum Gasteiger partial charge on any atom is -0.341 e. The van der Waals surface area contributed by atoms with Crippen LogP contribution in [0.25, 0.3) is 11.0 Å². The molecule has 0 saturated heterocycles. The molecule has 1 amide bonds. The lowest BCUT2D eigenvalue weighted by molar-refractivity contribution is 0.0706. The summed E-state index contributed by atoms with van der Waals surface area (Å²) in [6.07, 6.45) is 5.09. The Labute approximate surface area is 186 Å². The van der Waals surface area contributed by atoms with E-state index in [-0.39, 0.29) is 6.04 Å². The predicted octanol–water partition coefficient (Wildman–Crippen LogP) is 4.16. The molecular formula is C25H25N5O2. The Bertz CT molecular complexity index is 1200. The highest BCUT2D eigenvalue weighted by Crippen LogP contribution is 2.34. The first-order valence-corrected chi connectivity index (χ1v) is 10.9. The van der Waals surface area contributed by atoms with Gasteiger partial charge in [0.1, 0.15) is 5.82 Å². The minimum absolute atomic E-state index is 0.188. The van der Waals surface area contributed by atoms with Crippen molar-refractivity contribution in [3.63, 3.8) is 0 Å². The third kappa shape index (κ3) is 4.12. The molecular weight excluding hydrogens is 402 g/mol. The van der Waals surface area contributed by atoms with Crippen LogP contribution in [0.5, 0.6) is 0 Å². The van der Waals surface area contributed by atoms with E-state index in [2.05, 4.69) is 16.0 Å². The normalized spacial score (nSPS) is 15.6. The number of carbonyl (C=O) groups excluding carboxylic acids is 1. The first kappa shape index (κ1) is 20.4. The summed E-state index contributed by atoms with van der Waals surface area (Å²) >= 11 is 0. The van der Waals surface area contributed by atoms with Gasteiger partial charge in [0, 0.05) is 18.3 Å². The van der Waals surface area contributed by atoms with Crippen LogP contribution < -0.4 is 5.48 Å². The number of nitrogens with one attached hydrogen (secondary N) is 2. The number of hydroxylamine groups is 1. The number of hydrogen-bond acceptors (Lipinski definition) is 5. The second-order valence-corrected chi connectivity index (χ2v) is 8.20. The van der Waals surface area contributed by atoms with E-state index >= 15 is 0 Å². The van der Waals surface area contributed by atoms with Gasteiger partial charge in [0.2, 0.25) is 0 Å². The van der Waals surface area contributed by atoms with Crippen molar-refractivity contribution in [2.24, 2.45) is 0 Å². The number of aromatic nitrogens is 3. The summed E-state index contributed by atoms with van der Waals surface area (Å²) in [4.78, 5) is 27.1. The van der Waals surface area contributed by atoms with E-state index in [1.807, 2.05) is 48.7 Å². The molecule has 7 nitrogen and oxygen atoms in total. The fraction of sp³-hybridized carbons (Fsp3) is 0.240. The van der Waals surface area contributed by atoms with E-state index in [4.69, 9.17) is 15.2 Å². The van der Waals surface area contributed by atoms with Gasteiger partial charge >= 0.3 is 0 Å².